The molecule has 5 rings (SSSR count). The molecule has 0 bridgehead atoms. The second kappa shape index (κ2) is 9.54. The molecule has 1 aliphatic rings. The van der Waals surface area contributed by atoms with Crippen molar-refractivity contribution in [1.29, 1.82) is 0 Å². The first-order valence-electron chi connectivity index (χ1n) is 11.5. The molecule has 1 N–H and O–H groups in total. The third-order valence-electron chi connectivity index (χ3n) is 6.09. The van der Waals surface area contributed by atoms with Gasteiger partial charge < -0.3 is 10.2 Å². The van der Waals surface area contributed by atoms with Crippen LogP contribution in [0.5, 0.6) is 0 Å². The van der Waals surface area contributed by atoms with Gasteiger partial charge >= 0.3 is 0 Å². The summed E-state index contributed by atoms with van der Waals surface area (Å²) in [6.07, 6.45) is 6.71. The van der Waals surface area contributed by atoms with E-state index in [-0.39, 0.29) is 17.5 Å². The number of carbonyl (C=O) groups is 1. The highest BCUT2D eigenvalue weighted by Crippen LogP contribution is 2.24. The third-order valence-corrected chi connectivity index (χ3v) is 6.09. The standard InChI is InChI=1S/C25H26FN7O/c1-17-12-20(23(26)27-14-17)24(34)32-11-7-3-6-10-19(15-32)30-22-13-21(18-8-4-2-5-9-18)31-25-28-16-29-33(22)25/h2,4-5,8-9,12-14,16,19,30H,3,6-7,10-11,15H2,1H3. The van der Waals surface area contributed by atoms with Gasteiger partial charge in [0.05, 0.1) is 11.3 Å². The largest absolute Gasteiger partial charge is 0.365 e. The number of anilines is 1. The summed E-state index contributed by atoms with van der Waals surface area (Å²) in [6, 6.07) is 13.4. The number of aryl methyl sites for hydroxylation is 1. The van der Waals surface area contributed by atoms with Gasteiger partial charge in [-0.15, -0.1) is 0 Å². The van der Waals surface area contributed by atoms with Crippen molar-refractivity contribution in [3.63, 3.8) is 0 Å². The molecule has 1 fully saturated rings. The van der Waals surface area contributed by atoms with Crippen LogP contribution in [0.4, 0.5) is 10.2 Å². The molecule has 8 nitrogen and oxygen atoms in total. The lowest BCUT2D eigenvalue weighted by Crippen LogP contribution is -2.42. The zero-order chi connectivity index (χ0) is 23.5. The summed E-state index contributed by atoms with van der Waals surface area (Å²) >= 11 is 0. The molecular weight excluding hydrogens is 433 g/mol. The number of halogens is 1. The molecule has 4 heterocycles. The van der Waals surface area contributed by atoms with Gasteiger partial charge in [0.15, 0.2) is 0 Å². The van der Waals surface area contributed by atoms with E-state index < -0.39 is 5.95 Å². The van der Waals surface area contributed by atoms with Crippen LogP contribution in [0.15, 0.2) is 55.0 Å². The summed E-state index contributed by atoms with van der Waals surface area (Å²) in [5.74, 6) is 0.194. The first-order chi connectivity index (χ1) is 16.6. The summed E-state index contributed by atoms with van der Waals surface area (Å²) in [5, 5.41) is 7.89. The molecule has 3 aromatic heterocycles. The maximum atomic E-state index is 14.3. The van der Waals surface area contributed by atoms with Crippen LogP contribution < -0.4 is 5.32 Å². The van der Waals surface area contributed by atoms with E-state index in [1.165, 1.54) is 12.5 Å². The molecule has 1 unspecified atom stereocenters. The van der Waals surface area contributed by atoms with Crippen molar-refractivity contribution in [1.82, 2.24) is 29.5 Å². The van der Waals surface area contributed by atoms with Crippen LogP contribution in [-0.4, -0.2) is 54.5 Å². The zero-order valence-corrected chi connectivity index (χ0v) is 19.0. The van der Waals surface area contributed by atoms with E-state index in [9.17, 15) is 9.18 Å². The maximum absolute atomic E-state index is 14.3. The van der Waals surface area contributed by atoms with Gasteiger partial charge in [0.25, 0.3) is 11.7 Å². The minimum atomic E-state index is -0.729. The molecule has 0 spiro atoms. The normalized spacial score (nSPS) is 16.8. The van der Waals surface area contributed by atoms with Gasteiger partial charge in [-0.25, -0.2) is 9.97 Å². The van der Waals surface area contributed by atoms with Crippen molar-refractivity contribution >= 4 is 17.5 Å². The van der Waals surface area contributed by atoms with Crippen LogP contribution in [0.1, 0.15) is 41.6 Å². The van der Waals surface area contributed by atoms with Crippen LogP contribution >= 0.6 is 0 Å². The first kappa shape index (κ1) is 21.9. The lowest BCUT2D eigenvalue weighted by Gasteiger charge is -2.31. The second-order valence-corrected chi connectivity index (χ2v) is 8.66. The smallest absolute Gasteiger partial charge is 0.258 e. The number of nitrogens with one attached hydrogen (secondary N) is 1. The predicted octanol–water partition coefficient (Wildman–Crippen LogP) is 4.13. The molecule has 1 aromatic carbocycles. The Hall–Kier alpha value is -3.88. The number of fused-ring (bicyclic) bond motifs is 1. The first-order valence-corrected chi connectivity index (χ1v) is 11.5. The molecule has 0 radical (unpaired) electrons. The Kier molecular flexibility index (Phi) is 6.16. The highest BCUT2D eigenvalue weighted by Gasteiger charge is 2.25. The number of rotatable bonds is 4. The van der Waals surface area contributed by atoms with Crippen molar-refractivity contribution in [3.05, 3.63) is 72.1 Å². The van der Waals surface area contributed by atoms with E-state index in [4.69, 9.17) is 0 Å². The van der Waals surface area contributed by atoms with Gasteiger partial charge in [0.2, 0.25) is 5.95 Å². The van der Waals surface area contributed by atoms with Crippen LogP contribution in [0.2, 0.25) is 0 Å². The van der Waals surface area contributed by atoms with Crippen LogP contribution in [0.25, 0.3) is 17.0 Å². The van der Waals surface area contributed by atoms with Gasteiger partial charge in [-0.05, 0) is 31.4 Å². The average Bonchev–Trinajstić information content (AvgIpc) is 3.31. The van der Waals surface area contributed by atoms with Gasteiger partial charge in [-0.1, -0.05) is 43.2 Å². The molecule has 1 aliphatic heterocycles. The van der Waals surface area contributed by atoms with Gasteiger partial charge in [0, 0.05) is 37.0 Å². The van der Waals surface area contributed by atoms with Crippen molar-refractivity contribution in [3.8, 4) is 11.3 Å². The molecule has 1 amide bonds. The molecule has 174 valence electrons. The maximum Gasteiger partial charge on any atom is 0.258 e. The van der Waals surface area contributed by atoms with Gasteiger partial charge in [-0.3, -0.25) is 4.79 Å². The molecule has 4 aromatic rings. The molecule has 0 aliphatic carbocycles. The fourth-order valence-electron chi connectivity index (χ4n) is 4.37. The van der Waals surface area contributed by atoms with Crippen molar-refractivity contribution < 1.29 is 9.18 Å². The van der Waals surface area contributed by atoms with Gasteiger partial charge in [0.1, 0.15) is 12.1 Å². The van der Waals surface area contributed by atoms with Crippen molar-refractivity contribution in [2.24, 2.45) is 0 Å². The number of aromatic nitrogens is 5. The van der Waals surface area contributed by atoms with E-state index in [2.05, 4.69) is 25.4 Å². The number of pyridine rings is 1. The lowest BCUT2D eigenvalue weighted by atomic mass is 10.0. The summed E-state index contributed by atoms with van der Waals surface area (Å²) in [4.78, 5) is 27.6. The molecule has 0 saturated carbocycles. The third kappa shape index (κ3) is 4.59. The summed E-state index contributed by atoms with van der Waals surface area (Å²) in [7, 11) is 0. The molecule has 9 heteroatoms. The Balaban J connectivity index is 1.43. The van der Waals surface area contributed by atoms with Crippen molar-refractivity contribution in [2.45, 2.75) is 38.6 Å². The summed E-state index contributed by atoms with van der Waals surface area (Å²) in [6.45, 7) is 2.83. The highest BCUT2D eigenvalue weighted by molar-refractivity contribution is 5.94. The number of hydrogen-bond donors (Lipinski definition) is 1. The van der Waals surface area contributed by atoms with Crippen LogP contribution in [-0.2, 0) is 0 Å². The number of carbonyl (C=O) groups excluding carboxylic acids is 1. The number of benzene rings is 1. The van der Waals surface area contributed by atoms with E-state index in [1.54, 1.807) is 22.4 Å². The Morgan fingerprint density at radius 3 is 2.82 bits per heavy atom. The zero-order valence-electron chi connectivity index (χ0n) is 19.0. The van der Waals surface area contributed by atoms with Crippen LogP contribution in [0.3, 0.4) is 0 Å². The number of nitrogens with zero attached hydrogens (tertiary/aromatic N) is 6. The number of amides is 1. The van der Waals surface area contributed by atoms with Gasteiger partial charge in [-0.2, -0.15) is 19.0 Å². The van der Waals surface area contributed by atoms with E-state index in [1.807, 2.05) is 36.4 Å². The quantitative estimate of drug-likeness (QED) is 0.462. The highest BCUT2D eigenvalue weighted by atomic mass is 19.1. The fourth-order valence-corrected chi connectivity index (χ4v) is 4.37. The Labute approximate surface area is 196 Å². The van der Waals surface area contributed by atoms with E-state index >= 15 is 0 Å². The van der Waals surface area contributed by atoms with Crippen molar-refractivity contribution in [2.75, 3.05) is 18.4 Å². The Bertz CT molecular complexity index is 1310. The average molecular weight is 460 g/mol. The minimum absolute atomic E-state index is 0.0215. The monoisotopic (exact) mass is 459 g/mol. The topological polar surface area (TPSA) is 88.3 Å². The summed E-state index contributed by atoms with van der Waals surface area (Å²) in [5.41, 5.74) is 2.54. The van der Waals surface area contributed by atoms with Crippen LogP contribution in [0, 0.1) is 12.9 Å². The Morgan fingerprint density at radius 2 is 1.97 bits per heavy atom. The fraction of sp³-hybridized carbons (Fsp3) is 0.320. The predicted molar refractivity (Wildman–Crippen MR) is 127 cm³/mol. The number of likely N-dealkylation sites (tertiary alicyclic amines) is 1. The summed E-state index contributed by atoms with van der Waals surface area (Å²) < 4.78 is 16.0. The lowest BCUT2D eigenvalue weighted by molar-refractivity contribution is 0.0730. The van der Waals surface area contributed by atoms with E-state index in [0.717, 1.165) is 48.3 Å². The Morgan fingerprint density at radius 1 is 1.12 bits per heavy atom. The molecule has 1 atom stereocenters. The molecule has 1 saturated heterocycles. The SMILES string of the molecule is Cc1cnc(F)c(C(=O)N2CCCCCC(Nc3cc(-c4ccccc4)nc4ncnn34)C2)c1. The molecular formula is C25H26FN7O. The molecule has 34 heavy (non-hydrogen) atoms. The number of hydrogen-bond acceptors (Lipinski definition) is 6. The second-order valence-electron chi connectivity index (χ2n) is 8.66. The minimum Gasteiger partial charge on any atom is -0.365 e. The van der Waals surface area contributed by atoms with E-state index in [0.29, 0.717) is 18.9 Å².